The monoisotopic (exact) mass is 1500 g/mol. The Balaban J connectivity index is 0.000000161. The first-order valence-corrected chi connectivity index (χ1v) is 41.5. The molecule has 103 heavy (non-hydrogen) atoms. The quantitative estimate of drug-likeness (QED) is 0.0521. The Morgan fingerprint density at radius 3 is 1.10 bits per heavy atom. The number of piperidine rings is 6. The Bertz CT molecular complexity index is 3960. The van der Waals surface area contributed by atoms with Gasteiger partial charge >= 0.3 is 0 Å². The maximum Gasteiger partial charge on any atom is 0.264 e. The number of fused-ring (bicyclic) bond motifs is 4. The van der Waals surface area contributed by atoms with E-state index in [9.17, 15) is 16.8 Å². The highest BCUT2D eigenvalue weighted by atomic mass is 35.7. The van der Waals surface area contributed by atoms with Gasteiger partial charge in [-0.1, -0.05) is 39.3 Å². The number of rotatable bonds is 16. The van der Waals surface area contributed by atoms with Gasteiger partial charge in [0.1, 0.15) is 22.1 Å². The summed E-state index contributed by atoms with van der Waals surface area (Å²) < 4.78 is 45.8. The first-order chi connectivity index (χ1) is 49.9. The first kappa shape index (κ1) is 82.2. The summed E-state index contributed by atoms with van der Waals surface area (Å²) in [7, 11) is -2.05. The largest absolute Gasteiger partial charge is 0.396 e. The van der Waals surface area contributed by atoms with E-state index in [1.165, 1.54) is 103 Å². The Hall–Kier alpha value is -6.48. The van der Waals surface area contributed by atoms with Crippen molar-refractivity contribution in [3.8, 4) is 0 Å². The van der Waals surface area contributed by atoms with Crippen LogP contribution in [0, 0.1) is 23.7 Å². The molecule has 0 bridgehead atoms. The molecule has 0 unspecified atom stereocenters. The molecular weight excluding hydrogens is 1390 g/mol. The minimum atomic E-state index is -3.36. The second-order valence-electron chi connectivity index (χ2n) is 26.7. The van der Waals surface area contributed by atoms with Gasteiger partial charge in [-0.25, -0.2) is 68.2 Å². The highest BCUT2D eigenvalue weighted by Gasteiger charge is 2.29. The molecule has 0 atom stereocenters. The summed E-state index contributed by atoms with van der Waals surface area (Å²) in [6.45, 7) is 29.1. The molecule has 6 aliphatic rings. The van der Waals surface area contributed by atoms with Crippen LogP contribution in [0.25, 0.3) is 44.7 Å². The van der Waals surface area contributed by atoms with Gasteiger partial charge in [0.25, 0.3) is 10.1 Å². The zero-order valence-electron chi connectivity index (χ0n) is 60.9. The number of pyridine rings is 4. The molecule has 14 rings (SSSR count). The van der Waals surface area contributed by atoms with E-state index in [1.807, 2.05) is 18.3 Å². The zero-order valence-corrected chi connectivity index (χ0v) is 64.0. The number of anilines is 3. The van der Waals surface area contributed by atoms with Crippen LogP contribution in [-0.2, 0) is 23.4 Å². The average molecular weight is 1500 g/mol. The van der Waals surface area contributed by atoms with Crippen molar-refractivity contribution in [2.75, 3.05) is 158 Å². The highest BCUT2D eigenvalue weighted by Crippen LogP contribution is 2.31. The minimum Gasteiger partial charge on any atom is -0.396 e. The Morgan fingerprint density at radius 1 is 0.427 bits per heavy atom. The van der Waals surface area contributed by atoms with E-state index in [-0.39, 0.29) is 12.5 Å². The van der Waals surface area contributed by atoms with Crippen LogP contribution in [0.4, 0.5) is 17.1 Å². The molecule has 14 heterocycles. The molecule has 564 valence electrons. The Morgan fingerprint density at radius 2 is 0.738 bits per heavy atom. The van der Waals surface area contributed by atoms with E-state index >= 15 is 0 Å². The van der Waals surface area contributed by atoms with Crippen LogP contribution in [0.15, 0.2) is 98.6 Å². The lowest BCUT2D eigenvalue weighted by atomic mass is 9.94. The first-order valence-electron chi connectivity index (χ1n) is 36.6. The van der Waals surface area contributed by atoms with Crippen molar-refractivity contribution in [2.45, 2.75) is 117 Å². The summed E-state index contributed by atoms with van der Waals surface area (Å²) in [6, 6.07) is 9.38. The van der Waals surface area contributed by atoms with Crippen molar-refractivity contribution in [1.29, 1.82) is 0 Å². The number of likely N-dealkylation sites (tertiary alicyclic amines) is 1. The average Bonchev–Trinajstić information content (AvgIpc) is 0.819. The molecule has 0 saturated carbocycles. The van der Waals surface area contributed by atoms with E-state index in [0.29, 0.717) is 52.5 Å². The lowest BCUT2D eigenvalue weighted by molar-refractivity contribution is 0.102. The van der Waals surface area contributed by atoms with Crippen LogP contribution in [0.3, 0.4) is 0 Å². The second-order valence-corrected chi connectivity index (χ2v) is 31.8. The molecule has 0 amide bonds. The van der Waals surface area contributed by atoms with Crippen molar-refractivity contribution in [2.24, 2.45) is 23.7 Å². The fourth-order valence-electron chi connectivity index (χ4n) is 14.0. The molecule has 6 fully saturated rings. The van der Waals surface area contributed by atoms with Crippen LogP contribution in [0.5, 0.6) is 0 Å². The van der Waals surface area contributed by atoms with Crippen LogP contribution in [0.2, 0.25) is 5.02 Å². The van der Waals surface area contributed by atoms with Gasteiger partial charge in [0.05, 0.1) is 41.2 Å². The molecule has 31 heteroatoms. The van der Waals surface area contributed by atoms with Crippen molar-refractivity contribution >= 4 is 103 Å². The van der Waals surface area contributed by atoms with Crippen molar-refractivity contribution in [1.82, 2.24) is 85.1 Å². The molecular formula is C72H108Cl2N20O7S2. The summed E-state index contributed by atoms with van der Waals surface area (Å²) in [5.41, 5.74) is 9.23. The summed E-state index contributed by atoms with van der Waals surface area (Å²) in [5, 5.41) is 25.0. The van der Waals surface area contributed by atoms with Gasteiger partial charge in [-0.2, -0.15) is 8.42 Å². The van der Waals surface area contributed by atoms with Crippen molar-refractivity contribution in [3.05, 3.63) is 104 Å². The predicted molar refractivity (Wildman–Crippen MR) is 412 cm³/mol. The molecule has 0 radical (unpaired) electrons. The molecule has 6 aliphatic heterocycles. The molecule has 6 saturated heterocycles. The third kappa shape index (κ3) is 27.1. The SMILES string of the molecule is CCN(CC)C1CCN(CC2CCN(c3ccnc4nccnc34)CC2)CC1.CCN(CC)C1CCNCC1.CS(=O)(=O)Cl.CS(=O)(=O)OCC1CCN(c2ccnc3nccnc23)CC1.Clc1ccnc2nccnc12.OCC1CCN(c2ccnc3nccnc23)CC1.OCC1CCNCC1. The number of nitrogens with one attached hydrogen (secondary N) is 2. The normalized spacial score (nSPS) is 17.9. The topological polar surface area (TPSA) is 316 Å². The Labute approximate surface area is 618 Å². The van der Waals surface area contributed by atoms with E-state index in [1.54, 1.807) is 74.2 Å². The van der Waals surface area contributed by atoms with Crippen molar-refractivity contribution < 1.29 is 31.2 Å². The van der Waals surface area contributed by atoms with Gasteiger partial charge in [0, 0.05) is 156 Å². The van der Waals surface area contributed by atoms with Gasteiger partial charge in [-0.05, 0) is 190 Å². The molecule has 8 aromatic rings. The summed E-state index contributed by atoms with van der Waals surface area (Å²) >= 11 is 5.81. The fourth-order valence-corrected chi connectivity index (χ4v) is 14.7. The zero-order chi connectivity index (χ0) is 73.4. The third-order valence-corrected chi connectivity index (χ3v) is 20.6. The maximum absolute atomic E-state index is 11.1. The standard InChI is InChI=1S/C22H34N6.C14H18N4O3S.C13H16N4O.C9H20N2.C7H4ClN3.C6H13NO.CH3ClO2S/c1-3-27(4-2)19-8-13-26(14-9-19)17-18-6-15-28(16-7-18)20-5-10-24-22-21(20)23-11-12-25-22;1-22(19,20)21-10-11-3-8-18(9-4-11)12-2-5-16-14-13(12)15-6-7-17-14;18-9-10-2-7-17(8-3-10)11-1-4-15-13-12(11)14-5-6-16-13;1-3-11(4-2)9-5-7-10-8-6-9;8-5-1-2-10-7-6(5)9-3-4-11-7;8-5-6-1-3-7-4-2-6;1-5(2,3)4/h5,10-12,18-19H,3-4,6-9,13-17H2,1-2H3;2,5-7,11H,3-4,8-10H2,1H3;1,4-6,10,18H,2-3,7-9H2;9-10H,3-8H2,1-2H3;1-4H;6-8H,1-5H2;1H3. The molecule has 0 aliphatic carbocycles. The second kappa shape index (κ2) is 43.2. The third-order valence-electron chi connectivity index (χ3n) is 19.8. The summed E-state index contributed by atoms with van der Waals surface area (Å²) in [4.78, 5) is 65.8. The Kier molecular flexibility index (Phi) is 34.5. The molecule has 0 spiro atoms. The maximum atomic E-state index is 11.1. The van der Waals surface area contributed by atoms with Crippen molar-refractivity contribution in [3.63, 3.8) is 0 Å². The summed E-state index contributed by atoms with van der Waals surface area (Å²) in [5.74, 6) is 2.11. The minimum absolute atomic E-state index is 0.267. The van der Waals surface area contributed by atoms with E-state index < -0.39 is 19.2 Å². The molecule has 27 nitrogen and oxygen atoms in total. The van der Waals surface area contributed by atoms with E-state index in [0.717, 1.165) is 155 Å². The number of nitrogens with zero attached hydrogens (tertiary/aromatic N) is 18. The van der Waals surface area contributed by atoms with Crippen LogP contribution >= 0.6 is 22.3 Å². The lowest BCUT2D eigenvalue weighted by Gasteiger charge is -2.40. The van der Waals surface area contributed by atoms with Gasteiger partial charge < -0.3 is 50.2 Å². The van der Waals surface area contributed by atoms with Gasteiger partial charge in [0.2, 0.25) is 9.05 Å². The summed E-state index contributed by atoms with van der Waals surface area (Å²) in [6.07, 6.45) is 36.3. The molecule has 8 aromatic heterocycles. The number of aromatic nitrogens is 12. The number of aliphatic hydroxyl groups excluding tert-OH is 2. The van der Waals surface area contributed by atoms with Crippen LogP contribution in [-0.4, -0.2) is 257 Å². The van der Waals surface area contributed by atoms with Gasteiger partial charge in [-0.15, -0.1) is 0 Å². The van der Waals surface area contributed by atoms with Gasteiger partial charge in [0.15, 0.2) is 22.6 Å². The number of aliphatic hydroxyl groups is 2. The molecule has 0 aromatic carbocycles. The van der Waals surface area contributed by atoms with Crippen LogP contribution in [0.1, 0.15) is 105 Å². The van der Waals surface area contributed by atoms with Crippen LogP contribution < -0.4 is 25.3 Å². The van der Waals surface area contributed by atoms with Gasteiger partial charge in [-0.3, -0.25) is 4.18 Å². The predicted octanol–water partition coefficient (Wildman–Crippen LogP) is 8.42. The highest BCUT2D eigenvalue weighted by molar-refractivity contribution is 8.13. The van der Waals surface area contributed by atoms with E-state index in [4.69, 9.17) is 26.0 Å². The number of hydrogen-bond acceptors (Lipinski definition) is 27. The number of hydrogen-bond donors (Lipinski definition) is 4. The molecule has 4 N–H and O–H groups in total. The fraction of sp³-hybridized carbons (Fsp3) is 0.611. The smallest absolute Gasteiger partial charge is 0.264 e. The lowest BCUT2D eigenvalue weighted by Crippen LogP contribution is -2.47. The van der Waals surface area contributed by atoms with E-state index in [2.05, 4.69) is 144 Å². The number of halogens is 2.